The fourth-order valence-corrected chi connectivity index (χ4v) is 4.90. The fourth-order valence-electron chi connectivity index (χ4n) is 4.53. The van der Waals surface area contributed by atoms with Crippen LogP contribution in [0.1, 0.15) is 17.8 Å². The van der Waals surface area contributed by atoms with E-state index in [9.17, 15) is 9.59 Å². The Balaban J connectivity index is 1.37. The van der Waals surface area contributed by atoms with Gasteiger partial charge in [0.1, 0.15) is 11.7 Å². The standard InChI is InChI=1S/C27H25Cl2N5O2/c28-18-8-10-20-22(13-18)30-24(32-26(20)35)15-34(12-4-7-17-5-2-1-3-6-17)16-25-31-23-14-19(29)9-11-21(23)27(36)33-25/h1-3,5-6,8-11,13-14,20,22H,4,7,12,15-16H2,(H,30,32,35)(H,31,33,36)/t20-,22-/m0/s1. The molecule has 2 atom stereocenters. The van der Waals surface area contributed by atoms with Gasteiger partial charge in [-0.2, -0.15) is 0 Å². The lowest BCUT2D eigenvalue weighted by molar-refractivity contribution is -0.122. The van der Waals surface area contributed by atoms with E-state index in [-0.39, 0.29) is 23.4 Å². The van der Waals surface area contributed by atoms with Gasteiger partial charge in [-0.1, -0.05) is 59.6 Å². The number of H-pyrrole nitrogens is 1. The number of aryl methyl sites for hydroxylation is 1. The first-order valence-corrected chi connectivity index (χ1v) is 12.6. The summed E-state index contributed by atoms with van der Waals surface area (Å²) in [5.74, 6) is 0.644. The Bertz CT molecular complexity index is 1430. The van der Waals surface area contributed by atoms with Crippen LogP contribution in [0.25, 0.3) is 10.9 Å². The average Bonchev–Trinajstić information content (AvgIpc) is 2.84. The number of fused-ring (bicyclic) bond motifs is 2. The van der Waals surface area contributed by atoms with Crippen molar-refractivity contribution in [3.05, 3.63) is 98.6 Å². The SMILES string of the molecule is O=C1NC(CN(CCCc2ccccc2)Cc2nc3cc(Cl)ccc3c(=O)[nH]2)=N[C@H]2C=C(Cl)C=C[C@H]12. The number of hydrogen-bond donors (Lipinski definition) is 2. The number of carbonyl (C=O) groups excluding carboxylic acids is 1. The van der Waals surface area contributed by atoms with E-state index in [1.54, 1.807) is 36.4 Å². The lowest BCUT2D eigenvalue weighted by Gasteiger charge is -2.30. The summed E-state index contributed by atoms with van der Waals surface area (Å²) < 4.78 is 0. The number of aromatic amines is 1. The van der Waals surface area contributed by atoms with Gasteiger partial charge in [0.15, 0.2) is 0 Å². The van der Waals surface area contributed by atoms with E-state index in [1.807, 2.05) is 18.2 Å². The third kappa shape index (κ3) is 5.75. The first-order chi connectivity index (χ1) is 17.4. The maximum absolute atomic E-state index is 12.7. The van der Waals surface area contributed by atoms with Gasteiger partial charge in [-0.25, -0.2) is 4.98 Å². The molecule has 3 aromatic rings. The molecule has 184 valence electrons. The van der Waals surface area contributed by atoms with Crippen LogP contribution >= 0.6 is 23.2 Å². The van der Waals surface area contributed by atoms with Crippen molar-refractivity contribution in [2.45, 2.75) is 25.4 Å². The fraction of sp³-hybridized carbons (Fsp3) is 0.259. The van der Waals surface area contributed by atoms with Crippen molar-refractivity contribution in [1.29, 1.82) is 0 Å². The minimum atomic E-state index is -0.356. The van der Waals surface area contributed by atoms with Gasteiger partial charge in [0.25, 0.3) is 5.56 Å². The Morgan fingerprint density at radius 2 is 1.86 bits per heavy atom. The highest BCUT2D eigenvalue weighted by molar-refractivity contribution is 6.31. The van der Waals surface area contributed by atoms with Crippen molar-refractivity contribution < 1.29 is 4.79 Å². The lowest BCUT2D eigenvalue weighted by Crippen LogP contribution is -2.49. The normalized spacial score (nSPS) is 19.1. The van der Waals surface area contributed by atoms with Crippen LogP contribution in [0.2, 0.25) is 5.02 Å². The number of hydrogen-bond acceptors (Lipinski definition) is 5. The second-order valence-corrected chi connectivity index (χ2v) is 9.84. The summed E-state index contributed by atoms with van der Waals surface area (Å²) in [5, 5.41) is 4.52. The van der Waals surface area contributed by atoms with Gasteiger partial charge in [0.05, 0.1) is 36.0 Å². The number of halogens is 2. The molecule has 1 aliphatic heterocycles. The molecule has 1 aromatic heterocycles. The summed E-state index contributed by atoms with van der Waals surface area (Å²) in [7, 11) is 0. The lowest BCUT2D eigenvalue weighted by atomic mass is 9.93. The van der Waals surface area contributed by atoms with Crippen molar-refractivity contribution >= 4 is 45.8 Å². The predicted octanol–water partition coefficient (Wildman–Crippen LogP) is 4.22. The van der Waals surface area contributed by atoms with Crippen molar-refractivity contribution in [3.63, 3.8) is 0 Å². The van der Waals surface area contributed by atoms with Crippen LogP contribution in [-0.2, 0) is 17.8 Å². The topological polar surface area (TPSA) is 90.5 Å². The van der Waals surface area contributed by atoms with Crippen molar-refractivity contribution in [3.8, 4) is 0 Å². The second-order valence-electron chi connectivity index (χ2n) is 8.97. The number of aromatic nitrogens is 2. The quantitative estimate of drug-likeness (QED) is 0.464. The van der Waals surface area contributed by atoms with E-state index in [2.05, 4.69) is 32.3 Å². The highest BCUT2D eigenvalue weighted by Gasteiger charge is 2.32. The number of nitrogens with zero attached hydrogens (tertiary/aromatic N) is 3. The van der Waals surface area contributed by atoms with Crippen LogP contribution in [0.15, 0.2) is 81.6 Å². The third-order valence-corrected chi connectivity index (χ3v) is 6.77. The zero-order valence-electron chi connectivity index (χ0n) is 19.5. The maximum atomic E-state index is 12.7. The molecule has 2 aromatic carbocycles. The van der Waals surface area contributed by atoms with Gasteiger partial charge in [-0.15, -0.1) is 0 Å². The first-order valence-electron chi connectivity index (χ1n) is 11.8. The highest BCUT2D eigenvalue weighted by Crippen LogP contribution is 2.24. The van der Waals surface area contributed by atoms with Gasteiger partial charge >= 0.3 is 0 Å². The molecule has 36 heavy (non-hydrogen) atoms. The van der Waals surface area contributed by atoms with E-state index in [1.165, 1.54) is 5.56 Å². The Morgan fingerprint density at radius 1 is 1.03 bits per heavy atom. The molecule has 0 saturated heterocycles. The molecule has 0 bridgehead atoms. The number of benzene rings is 2. The minimum absolute atomic E-state index is 0.0993. The third-order valence-electron chi connectivity index (χ3n) is 6.28. The van der Waals surface area contributed by atoms with Gasteiger partial charge in [-0.05, 0) is 55.3 Å². The van der Waals surface area contributed by atoms with Gasteiger partial charge in [0.2, 0.25) is 5.91 Å². The Hall–Kier alpha value is -3.26. The molecule has 2 aliphatic rings. The van der Waals surface area contributed by atoms with Crippen LogP contribution in [0.4, 0.5) is 0 Å². The molecular formula is C27H25Cl2N5O2. The Morgan fingerprint density at radius 3 is 2.69 bits per heavy atom. The molecule has 7 nitrogen and oxygen atoms in total. The van der Waals surface area contributed by atoms with E-state index >= 15 is 0 Å². The van der Waals surface area contributed by atoms with Crippen molar-refractivity contribution in [2.24, 2.45) is 10.9 Å². The van der Waals surface area contributed by atoms with Crippen molar-refractivity contribution in [2.75, 3.05) is 13.1 Å². The molecule has 5 rings (SSSR count). The summed E-state index contributed by atoms with van der Waals surface area (Å²) >= 11 is 12.3. The molecule has 0 spiro atoms. The first kappa shape index (κ1) is 24.4. The molecule has 9 heteroatoms. The zero-order valence-corrected chi connectivity index (χ0v) is 21.0. The number of carbonyl (C=O) groups is 1. The van der Waals surface area contributed by atoms with Crippen LogP contribution in [0.5, 0.6) is 0 Å². The van der Waals surface area contributed by atoms with Crippen LogP contribution in [0.3, 0.4) is 0 Å². The molecule has 2 heterocycles. The smallest absolute Gasteiger partial charge is 0.258 e. The second kappa shape index (κ2) is 10.8. The molecule has 2 N–H and O–H groups in total. The average molecular weight is 522 g/mol. The zero-order chi connectivity index (χ0) is 25.1. The molecule has 0 radical (unpaired) electrons. The Labute approximate surface area is 218 Å². The maximum Gasteiger partial charge on any atom is 0.258 e. The van der Waals surface area contributed by atoms with E-state index in [0.29, 0.717) is 52.3 Å². The number of allylic oxidation sites excluding steroid dienone is 2. The summed E-state index contributed by atoms with van der Waals surface area (Å²) in [6, 6.07) is 15.0. The molecule has 1 aliphatic carbocycles. The van der Waals surface area contributed by atoms with Crippen LogP contribution in [-0.4, -0.2) is 45.7 Å². The molecule has 0 fully saturated rings. The summed E-state index contributed by atoms with van der Waals surface area (Å²) in [5.41, 5.74) is 1.59. The number of nitrogens with one attached hydrogen (secondary N) is 2. The summed E-state index contributed by atoms with van der Waals surface area (Å²) in [4.78, 5) is 39.8. The molecule has 0 unspecified atom stereocenters. The van der Waals surface area contributed by atoms with E-state index in [4.69, 9.17) is 28.2 Å². The Kier molecular flexibility index (Phi) is 7.32. The summed E-state index contributed by atoms with van der Waals surface area (Å²) in [6.45, 7) is 1.49. The molecule has 0 saturated carbocycles. The van der Waals surface area contributed by atoms with Crippen LogP contribution in [0, 0.1) is 5.92 Å². The minimum Gasteiger partial charge on any atom is -0.313 e. The summed E-state index contributed by atoms with van der Waals surface area (Å²) in [6.07, 6.45) is 7.11. The monoisotopic (exact) mass is 521 g/mol. The molecular weight excluding hydrogens is 497 g/mol. The van der Waals surface area contributed by atoms with Gasteiger partial charge < -0.3 is 10.3 Å². The highest BCUT2D eigenvalue weighted by atomic mass is 35.5. The van der Waals surface area contributed by atoms with Gasteiger partial charge in [-0.3, -0.25) is 19.5 Å². The number of aliphatic imine (C=N–C) groups is 1. The van der Waals surface area contributed by atoms with Crippen LogP contribution < -0.4 is 10.9 Å². The van der Waals surface area contributed by atoms with E-state index < -0.39 is 0 Å². The predicted molar refractivity (Wildman–Crippen MR) is 143 cm³/mol. The van der Waals surface area contributed by atoms with Gasteiger partial charge in [0, 0.05) is 10.1 Å². The number of amides is 1. The largest absolute Gasteiger partial charge is 0.313 e. The van der Waals surface area contributed by atoms with E-state index in [0.717, 1.165) is 12.8 Å². The van der Waals surface area contributed by atoms with Crippen molar-refractivity contribution in [1.82, 2.24) is 20.2 Å². The molecule has 1 amide bonds. The number of rotatable bonds is 8. The number of amidine groups is 1.